The third-order valence-corrected chi connectivity index (χ3v) is 6.10. The number of nitrogens with one attached hydrogen (secondary N) is 3. The van der Waals surface area contributed by atoms with Crippen molar-refractivity contribution in [3.8, 4) is 34.6 Å². The van der Waals surface area contributed by atoms with Crippen molar-refractivity contribution in [2.45, 2.75) is 6.54 Å². The summed E-state index contributed by atoms with van der Waals surface area (Å²) in [4.78, 5) is 19.7. The van der Waals surface area contributed by atoms with Crippen LogP contribution in [0.4, 0.5) is 11.5 Å². The molecule has 0 radical (unpaired) electrons. The van der Waals surface area contributed by atoms with Crippen LogP contribution in [0.25, 0.3) is 16.9 Å². The molecule has 0 atom stereocenters. The van der Waals surface area contributed by atoms with Crippen molar-refractivity contribution >= 4 is 23.1 Å². The molecule has 39 heavy (non-hydrogen) atoms. The average molecular weight is 524 g/mol. The maximum atomic E-state index is 12.3. The third kappa shape index (κ3) is 4.91. The zero-order chi connectivity index (χ0) is 27.4. The quantitative estimate of drug-likeness (QED) is 0.260. The first-order valence-corrected chi connectivity index (χ1v) is 11.9. The molecule has 3 aromatic heterocycles. The van der Waals surface area contributed by atoms with Gasteiger partial charge in [0.05, 0.1) is 33.2 Å². The SMILES string of the molecule is COc1cc(-c2[nH]c3c(C#N)cnn3c2Nc2ccc(CNC(=O)c3ccccn3)cc2)cc(OC)c1OC. The number of imidazole rings is 1. The van der Waals surface area contributed by atoms with Crippen molar-refractivity contribution in [2.24, 2.45) is 0 Å². The summed E-state index contributed by atoms with van der Waals surface area (Å²) in [5, 5.41) is 20.3. The number of aromatic nitrogens is 4. The molecule has 0 bridgehead atoms. The van der Waals surface area contributed by atoms with E-state index in [9.17, 15) is 10.1 Å². The van der Waals surface area contributed by atoms with Crippen LogP contribution in [-0.4, -0.2) is 46.8 Å². The van der Waals surface area contributed by atoms with Gasteiger partial charge in [-0.1, -0.05) is 18.2 Å². The Balaban J connectivity index is 1.45. The van der Waals surface area contributed by atoms with E-state index < -0.39 is 0 Å². The van der Waals surface area contributed by atoms with Gasteiger partial charge in [-0.15, -0.1) is 0 Å². The molecular formula is C28H25N7O4. The number of nitriles is 1. The van der Waals surface area contributed by atoms with Gasteiger partial charge in [0.25, 0.3) is 5.91 Å². The van der Waals surface area contributed by atoms with E-state index in [0.717, 1.165) is 16.8 Å². The van der Waals surface area contributed by atoms with Crippen LogP contribution in [0.1, 0.15) is 21.6 Å². The predicted octanol–water partition coefficient (Wildman–Crippen LogP) is 4.30. The molecular weight excluding hydrogens is 498 g/mol. The maximum Gasteiger partial charge on any atom is 0.270 e. The number of rotatable bonds is 9. The van der Waals surface area contributed by atoms with E-state index in [0.29, 0.717) is 52.2 Å². The molecule has 2 aromatic carbocycles. The Morgan fingerprint density at radius 1 is 1.05 bits per heavy atom. The van der Waals surface area contributed by atoms with E-state index in [1.165, 1.54) is 6.20 Å². The molecule has 3 N–H and O–H groups in total. The fraction of sp³-hybridized carbons (Fsp3) is 0.143. The van der Waals surface area contributed by atoms with E-state index in [1.54, 1.807) is 50.2 Å². The monoisotopic (exact) mass is 523 g/mol. The normalized spacial score (nSPS) is 10.6. The number of fused-ring (bicyclic) bond motifs is 1. The van der Waals surface area contributed by atoms with Gasteiger partial charge in [-0.3, -0.25) is 9.78 Å². The summed E-state index contributed by atoms with van der Waals surface area (Å²) in [6.45, 7) is 0.353. The van der Waals surface area contributed by atoms with E-state index in [4.69, 9.17) is 14.2 Å². The summed E-state index contributed by atoms with van der Waals surface area (Å²) in [7, 11) is 4.65. The molecule has 3 heterocycles. The number of ether oxygens (including phenoxy) is 3. The Morgan fingerprint density at radius 3 is 2.41 bits per heavy atom. The molecule has 0 aliphatic heterocycles. The lowest BCUT2D eigenvalue weighted by atomic mass is 10.1. The summed E-state index contributed by atoms with van der Waals surface area (Å²) in [5.41, 5.74) is 4.39. The largest absolute Gasteiger partial charge is 0.493 e. The Morgan fingerprint density at radius 2 is 1.79 bits per heavy atom. The van der Waals surface area contributed by atoms with Gasteiger partial charge in [-0.05, 0) is 42.0 Å². The van der Waals surface area contributed by atoms with E-state index in [-0.39, 0.29) is 5.91 Å². The molecule has 11 nitrogen and oxygen atoms in total. The lowest BCUT2D eigenvalue weighted by molar-refractivity contribution is 0.0946. The number of carbonyl (C=O) groups is 1. The molecule has 0 spiro atoms. The van der Waals surface area contributed by atoms with Crippen LogP contribution in [0.15, 0.2) is 67.0 Å². The highest BCUT2D eigenvalue weighted by Crippen LogP contribution is 2.43. The molecule has 0 fully saturated rings. The zero-order valence-electron chi connectivity index (χ0n) is 21.5. The Kier molecular flexibility index (Phi) is 7.00. The number of anilines is 2. The molecule has 1 amide bonds. The van der Waals surface area contributed by atoms with Crippen molar-refractivity contribution in [3.05, 3.63) is 83.8 Å². The Labute approximate surface area is 224 Å². The minimum Gasteiger partial charge on any atom is -0.493 e. The highest BCUT2D eigenvalue weighted by atomic mass is 16.5. The lowest BCUT2D eigenvalue weighted by Crippen LogP contribution is -2.23. The van der Waals surface area contributed by atoms with E-state index >= 15 is 0 Å². The second-order valence-electron chi connectivity index (χ2n) is 8.41. The number of benzene rings is 2. The molecule has 0 unspecified atom stereocenters. The van der Waals surface area contributed by atoms with Crippen molar-refractivity contribution in [1.29, 1.82) is 5.26 Å². The van der Waals surface area contributed by atoms with Gasteiger partial charge in [-0.2, -0.15) is 14.9 Å². The number of H-pyrrole nitrogens is 1. The summed E-state index contributed by atoms with van der Waals surface area (Å²) in [6, 6.07) is 18.6. The highest BCUT2D eigenvalue weighted by Gasteiger charge is 2.21. The molecule has 5 aromatic rings. The van der Waals surface area contributed by atoms with Gasteiger partial charge in [0.2, 0.25) is 5.75 Å². The minimum atomic E-state index is -0.241. The van der Waals surface area contributed by atoms with Gasteiger partial charge in [0.1, 0.15) is 17.3 Å². The van der Waals surface area contributed by atoms with E-state index in [1.807, 2.05) is 36.4 Å². The van der Waals surface area contributed by atoms with Gasteiger partial charge < -0.3 is 29.8 Å². The number of hydrogen-bond acceptors (Lipinski definition) is 8. The summed E-state index contributed by atoms with van der Waals surface area (Å²) >= 11 is 0. The maximum absolute atomic E-state index is 12.3. The number of aromatic amines is 1. The van der Waals surface area contributed by atoms with Crippen LogP contribution < -0.4 is 24.8 Å². The van der Waals surface area contributed by atoms with Crippen LogP contribution in [0.2, 0.25) is 0 Å². The number of amides is 1. The number of methoxy groups -OCH3 is 3. The second kappa shape index (κ2) is 10.9. The molecule has 0 saturated heterocycles. The Bertz CT molecular complexity index is 1640. The molecule has 0 aliphatic carbocycles. The van der Waals surface area contributed by atoms with Gasteiger partial charge in [0, 0.05) is 24.0 Å². The van der Waals surface area contributed by atoms with Crippen molar-refractivity contribution < 1.29 is 19.0 Å². The van der Waals surface area contributed by atoms with Gasteiger partial charge in [0.15, 0.2) is 23.0 Å². The summed E-state index contributed by atoms with van der Waals surface area (Å²) < 4.78 is 18.2. The molecule has 196 valence electrons. The molecule has 11 heteroatoms. The number of carbonyl (C=O) groups excluding carboxylic acids is 1. The van der Waals surface area contributed by atoms with Crippen LogP contribution in [0.3, 0.4) is 0 Å². The standard InChI is InChI=1S/C28H25N7O4/c1-37-22-12-18(13-23(38-2)25(22)39-3)24-27(35-26(34-24)19(14-29)16-32-35)33-20-9-7-17(8-10-20)15-31-28(36)21-6-4-5-11-30-21/h4-13,16,33-34H,15H2,1-3H3,(H,31,36). The van der Waals surface area contributed by atoms with Gasteiger partial charge >= 0.3 is 0 Å². The van der Waals surface area contributed by atoms with Crippen molar-refractivity contribution in [2.75, 3.05) is 26.6 Å². The topological polar surface area (TPSA) is 139 Å². The fourth-order valence-electron chi connectivity index (χ4n) is 4.17. The molecule has 5 rings (SSSR count). The van der Waals surface area contributed by atoms with Crippen LogP contribution in [0.5, 0.6) is 17.2 Å². The number of pyridine rings is 1. The number of hydrogen-bond donors (Lipinski definition) is 3. The molecule has 0 aliphatic rings. The second-order valence-corrected chi connectivity index (χ2v) is 8.41. The minimum absolute atomic E-state index is 0.241. The van der Waals surface area contributed by atoms with Crippen LogP contribution >= 0.6 is 0 Å². The fourth-order valence-corrected chi connectivity index (χ4v) is 4.17. The first-order chi connectivity index (χ1) is 19.1. The Hall–Kier alpha value is -5.50. The first kappa shape index (κ1) is 25.2. The van der Waals surface area contributed by atoms with Crippen molar-refractivity contribution in [3.63, 3.8) is 0 Å². The summed E-state index contributed by atoms with van der Waals surface area (Å²) in [5.74, 6) is 1.81. The third-order valence-electron chi connectivity index (χ3n) is 6.10. The van der Waals surface area contributed by atoms with Crippen molar-refractivity contribution in [1.82, 2.24) is 24.9 Å². The predicted molar refractivity (Wildman–Crippen MR) is 144 cm³/mol. The van der Waals surface area contributed by atoms with Crippen LogP contribution in [-0.2, 0) is 6.54 Å². The zero-order valence-corrected chi connectivity index (χ0v) is 21.5. The van der Waals surface area contributed by atoms with E-state index in [2.05, 4.69) is 31.8 Å². The van der Waals surface area contributed by atoms with Crippen LogP contribution in [0, 0.1) is 11.3 Å². The lowest BCUT2D eigenvalue weighted by Gasteiger charge is -2.15. The first-order valence-electron chi connectivity index (χ1n) is 11.9. The highest BCUT2D eigenvalue weighted by molar-refractivity contribution is 5.92. The smallest absolute Gasteiger partial charge is 0.270 e. The van der Waals surface area contributed by atoms with Gasteiger partial charge in [-0.25, -0.2) is 0 Å². The number of nitrogens with zero attached hydrogens (tertiary/aromatic N) is 4. The molecule has 0 saturated carbocycles. The summed E-state index contributed by atoms with van der Waals surface area (Å²) in [6.07, 6.45) is 3.09. The average Bonchev–Trinajstić information content (AvgIpc) is 3.55.